The number of carboxylic acid groups (broad SMARTS) is 1. The van der Waals surface area contributed by atoms with Crippen molar-refractivity contribution in [1.29, 1.82) is 0 Å². The van der Waals surface area contributed by atoms with Crippen LogP contribution >= 0.6 is 12.6 Å². The summed E-state index contributed by atoms with van der Waals surface area (Å²) in [4.78, 5) is 10.8. The first-order valence-corrected chi connectivity index (χ1v) is 5.43. The lowest BCUT2D eigenvalue weighted by molar-refractivity contribution is -0.139. The van der Waals surface area contributed by atoms with E-state index in [1.54, 1.807) is 0 Å². The lowest BCUT2D eigenvalue weighted by Gasteiger charge is -2.18. The Morgan fingerprint density at radius 2 is 2.07 bits per heavy atom. The Balaban J connectivity index is 2.62. The zero-order valence-corrected chi connectivity index (χ0v) is 9.45. The van der Waals surface area contributed by atoms with Gasteiger partial charge in [-0.25, -0.2) is 0 Å². The van der Waals surface area contributed by atoms with Gasteiger partial charge in [-0.15, -0.1) is 0 Å². The molecule has 15 heavy (non-hydrogen) atoms. The van der Waals surface area contributed by atoms with Gasteiger partial charge in [-0.2, -0.15) is 12.6 Å². The highest BCUT2D eigenvalue weighted by molar-refractivity contribution is 7.80. The van der Waals surface area contributed by atoms with Crippen LogP contribution in [-0.4, -0.2) is 22.9 Å². The quantitative estimate of drug-likeness (QED) is 0.669. The molecule has 0 aliphatic heterocycles. The first-order valence-electron chi connectivity index (χ1n) is 4.79. The second kappa shape index (κ2) is 5.78. The molecule has 0 saturated heterocycles. The largest absolute Gasteiger partial charge is 0.480 e. The van der Waals surface area contributed by atoms with Crippen molar-refractivity contribution in [3.8, 4) is 0 Å². The lowest BCUT2D eigenvalue weighted by Crippen LogP contribution is -2.39. The van der Waals surface area contributed by atoms with Crippen LogP contribution in [0.2, 0.25) is 0 Å². The van der Waals surface area contributed by atoms with E-state index in [1.807, 2.05) is 37.3 Å². The predicted molar refractivity (Wildman–Crippen MR) is 63.3 cm³/mol. The van der Waals surface area contributed by atoms with Crippen molar-refractivity contribution in [2.45, 2.75) is 19.0 Å². The standard InChI is InChI=1S/C11H15NO2S/c1-8(9-5-3-2-4-6-9)12-10(7-15)11(13)14/h2-6,8,10,12,15H,7H2,1H3,(H,13,14). The Morgan fingerprint density at radius 1 is 1.47 bits per heavy atom. The highest BCUT2D eigenvalue weighted by Gasteiger charge is 2.17. The Kier molecular flexibility index (Phi) is 4.65. The number of rotatable bonds is 5. The van der Waals surface area contributed by atoms with Gasteiger partial charge in [-0.3, -0.25) is 10.1 Å². The van der Waals surface area contributed by atoms with Crippen molar-refractivity contribution in [2.24, 2.45) is 0 Å². The van der Waals surface area contributed by atoms with Gasteiger partial charge in [0.25, 0.3) is 0 Å². The zero-order valence-electron chi connectivity index (χ0n) is 8.55. The maximum Gasteiger partial charge on any atom is 0.321 e. The molecule has 0 saturated carbocycles. The number of carbonyl (C=O) groups is 1. The Bertz CT molecular complexity index is 316. The number of hydrogen-bond donors (Lipinski definition) is 3. The zero-order chi connectivity index (χ0) is 11.3. The minimum Gasteiger partial charge on any atom is -0.480 e. The lowest BCUT2D eigenvalue weighted by atomic mass is 10.1. The molecule has 0 aliphatic carbocycles. The van der Waals surface area contributed by atoms with E-state index in [4.69, 9.17) is 5.11 Å². The number of carboxylic acids is 1. The highest BCUT2D eigenvalue weighted by Crippen LogP contribution is 2.12. The third-order valence-corrected chi connectivity index (χ3v) is 2.60. The molecule has 0 aliphatic rings. The number of aliphatic carboxylic acids is 1. The van der Waals surface area contributed by atoms with Gasteiger partial charge in [0.2, 0.25) is 0 Å². The van der Waals surface area contributed by atoms with Crippen LogP contribution in [-0.2, 0) is 4.79 Å². The highest BCUT2D eigenvalue weighted by atomic mass is 32.1. The smallest absolute Gasteiger partial charge is 0.321 e. The molecule has 1 aromatic carbocycles. The molecule has 0 aromatic heterocycles. The molecule has 4 heteroatoms. The second-order valence-corrected chi connectivity index (χ2v) is 3.74. The van der Waals surface area contributed by atoms with Gasteiger partial charge >= 0.3 is 5.97 Å². The molecule has 0 radical (unpaired) electrons. The van der Waals surface area contributed by atoms with Crippen molar-refractivity contribution >= 4 is 18.6 Å². The maximum absolute atomic E-state index is 10.8. The topological polar surface area (TPSA) is 49.3 Å². The molecule has 1 aromatic rings. The fraction of sp³-hybridized carbons (Fsp3) is 0.364. The summed E-state index contributed by atoms with van der Waals surface area (Å²) in [5.74, 6) is -0.584. The van der Waals surface area contributed by atoms with Crippen LogP contribution in [0.1, 0.15) is 18.5 Å². The van der Waals surface area contributed by atoms with Crippen molar-refractivity contribution in [2.75, 3.05) is 5.75 Å². The molecule has 0 fully saturated rings. The summed E-state index contributed by atoms with van der Waals surface area (Å²) in [6.07, 6.45) is 0. The molecule has 0 bridgehead atoms. The third kappa shape index (κ3) is 3.57. The van der Waals surface area contributed by atoms with Crippen LogP contribution in [0.5, 0.6) is 0 Å². The molecule has 0 heterocycles. The van der Waals surface area contributed by atoms with Crippen LogP contribution in [0.4, 0.5) is 0 Å². The Hall–Kier alpha value is -1.00. The van der Waals surface area contributed by atoms with Gasteiger partial charge in [0, 0.05) is 11.8 Å². The summed E-state index contributed by atoms with van der Waals surface area (Å²) in [5.41, 5.74) is 1.07. The maximum atomic E-state index is 10.8. The Morgan fingerprint density at radius 3 is 2.53 bits per heavy atom. The van der Waals surface area contributed by atoms with E-state index in [2.05, 4.69) is 17.9 Å². The first-order chi connectivity index (χ1) is 7.15. The van der Waals surface area contributed by atoms with Crippen molar-refractivity contribution < 1.29 is 9.90 Å². The molecular weight excluding hydrogens is 210 g/mol. The minimum absolute atomic E-state index is 0.0134. The fourth-order valence-corrected chi connectivity index (χ4v) is 1.60. The molecule has 1 rings (SSSR count). The van der Waals surface area contributed by atoms with E-state index in [0.29, 0.717) is 0 Å². The van der Waals surface area contributed by atoms with Crippen LogP contribution in [0, 0.1) is 0 Å². The van der Waals surface area contributed by atoms with Crippen molar-refractivity contribution in [1.82, 2.24) is 5.32 Å². The molecule has 0 spiro atoms. The fourth-order valence-electron chi connectivity index (χ4n) is 1.34. The summed E-state index contributed by atoms with van der Waals surface area (Å²) < 4.78 is 0. The molecule has 0 amide bonds. The molecule has 2 N–H and O–H groups in total. The third-order valence-electron chi connectivity index (χ3n) is 2.23. The average molecular weight is 225 g/mol. The molecule has 2 unspecified atom stereocenters. The summed E-state index contributed by atoms with van der Waals surface area (Å²) >= 11 is 4.00. The summed E-state index contributed by atoms with van der Waals surface area (Å²) in [6.45, 7) is 1.94. The van der Waals surface area contributed by atoms with Gasteiger partial charge < -0.3 is 5.11 Å². The van der Waals surface area contributed by atoms with E-state index < -0.39 is 12.0 Å². The van der Waals surface area contributed by atoms with Crippen molar-refractivity contribution in [3.63, 3.8) is 0 Å². The Labute approximate surface area is 94.9 Å². The molecular formula is C11H15NO2S. The molecule has 82 valence electrons. The first kappa shape index (κ1) is 12.1. The van der Waals surface area contributed by atoms with Gasteiger partial charge in [0.1, 0.15) is 6.04 Å². The van der Waals surface area contributed by atoms with Crippen LogP contribution < -0.4 is 5.32 Å². The summed E-state index contributed by atoms with van der Waals surface area (Å²) in [7, 11) is 0. The normalized spacial score (nSPS) is 14.5. The number of hydrogen-bond acceptors (Lipinski definition) is 3. The number of benzene rings is 1. The number of nitrogens with one attached hydrogen (secondary N) is 1. The van der Waals surface area contributed by atoms with Crippen LogP contribution in [0.15, 0.2) is 30.3 Å². The van der Waals surface area contributed by atoms with Gasteiger partial charge in [0.05, 0.1) is 0 Å². The number of thiol groups is 1. The minimum atomic E-state index is -0.868. The van der Waals surface area contributed by atoms with Gasteiger partial charge in [0.15, 0.2) is 0 Å². The van der Waals surface area contributed by atoms with E-state index >= 15 is 0 Å². The monoisotopic (exact) mass is 225 g/mol. The van der Waals surface area contributed by atoms with E-state index in [9.17, 15) is 4.79 Å². The van der Waals surface area contributed by atoms with Crippen LogP contribution in [0.25, 0.3) is 0 Å². The van der Waals surface area contributed by atoms with E-state index in [1.165, 1.54) is 0 Å². The van der Waals surface area contributed by atoms with Crippen molar-refractivity contribution in [3.05, 3.63) is 35.9 Å². The SMILES string of the molecule is CC(NC(CS)C(=O)O)c1ccccc1. The van der Waals surface area contributed by atoms with E-state index in [0.717, 1.165) is 5.56 Å². The predicted octanol–water partition coefficient (Wildman–Crippen LogP) is 1.72. The van der Waals surface area contributed by atoms with E-state index in [-0.39, 0.29) is 11.8 Å². The summed E-state index contributed by atoms with van der Waals surface area (Å²) in [6, 6.07) is 9.14. The summed E-state index contributed by atoms with van der Waals surface area (Å²) in [5, 5.41) is 11.9. The second-order valence-electron chi connectivity index (χ2n) is 3.37. The molecule has 3 nitrogen and oxygen atoms in total. The average Bonchev–Trinajstić information content (AvgIpc) is 2.26. The molecule has 2 atom stereocenters. The van der Waals surface area contributed by atoms with Gasteiger partial charge in [-0.05, 0) is 12.5 Å². The van der Waals surface area contributed by atoms with Crippen LogP contribution in [0.3, 0.4) is 0 Å². The van der Waals surface area contributed by atoms with Gasteiger partial charge in [-0.1, -0.05) is 30.3 Å².